The molecular weight excluding hydrogens is 361 g/mol. The van der Waals surface area contributed by atoms with Crippen molar-refractivity contribution in [1.82, 2.24) is 4.90 Å². The van der Waals surface area contributed by atoms with E-state index in [1.165, 1.54) is 24.3 Å². The van der Waals surface area contributed by atoms with E-state index in [1.54, 1.807) is 20.3 Å². The minimum atomic E-state index is -0.343. The molecule has 3 rings (SSSR count). The zero-order valence-electron chi connectivity index (χ0n) is 16.1. The molecule has 1 aliphatic rings. The quantitative estimate of drug-likeness (QED) is 0.670. The summed E-state index contributed by atoms with van der Waals surface area (Å²) in [6.07, 6.45) is 0.643. The van der Waals surface area contributed by atoms with Crippen LogP contribution in [-0.4, -0.2) is 49.7 Å². The molecule has 0 aromatic heterocycles. The molecule has 2 aromatic rings. The predicted molar refractivity (Wildman–Crippen MR) is 104 cm³/mol. The number of halogens is 1. The SMILES string of the molecule is COc1cc(OC)cc([C@@H](CO)C[CH]N2CC(C(=O)c3ccc(F)cc3)C2)c1. The third-order valence-corrected chi connectivity index (χ3v) is 5.12. The largest absolute Gasteiger partial charge is 0.497 e. The van der Waals surface area contributed by atoms with Crippen molar-refractivity contribution in [2.45, 2.75) is 12.3 Å². The van der Waals surface area contributed by atoms with Gasteiger partial charge in [0.1, 0.15) is 17.3 Å². The summed E-state index contributed by atoms with van der Waals surface area (Å²) >= 11 is 0. The maximum absolute atomic E-state index is 13.0. The van der Waals surface area contributed by atoms with E-state index in [4.69, 9.17) is 9.47 Å². The summed E-state index contributed by atoms with van der Waals surface area (Å²) < 4.78 is 23.6. The van der Waals surface area contributed by atoms with Gasteiger partial charge in [-0.1, -0.05) is 0 Å². The maximum atomic E-state index is 13.0. The second kappa shape index (κ2) is 9.17. The summed E-state index contributed by atoms with van der Waals surface area (Å²) in [5, 5.41) is 9.82. The number of rotatable bonds is 9. The summed E-state index contributed by atoms with van der Waals surface area (Å²) in [7, 11) is 3.19. The zero-order valence-corrected chi connectivity index (χ0v) is 16.1. The molecule has 0 saturated carbocycles. The standard InChI is InChI=1S/C22H25FNO4/c1-27-20-9-17(10-21(11-20)28-2)16(14-25)7-8-24-12-18(13-24)22(26)15-3-5-19(23)6-4-15/h3-6,8-11,16,18,25H,7,12-14H2,1-2H3/t16-/m1/s1. The van der Waals surface area contributed by atoms with Crippen LogP contribution in [0, 0.1) is 18.3 Å². The maximum Gasteiger partial charge on any atom is 0.168 e. The number of ether oxygens (including phenoxy) is 2. The molecule has 149 valence electrons. The Bertz CT molecular complexity index is 780. The number of nitrogens with zero attached hydrogens (tertiary/aromatic N) is 1. The lowest BCUT2D eigenvalue weighted by Gasteiger charge is -2.38. The lowest BCUT2D eigenvalue weighted by molar-refractivity contribution is 0.0693. The van der Waals surface area contributed by atoms with Crippen LogP contribution in [-0.2, 0) is 0 Å². The van der Waals surface area contributed by atoms with Crippen molar-refractivity contribution in [2.75, 3.05) is 33.9 Å². The number of hydrogen-bond donors (Lipinski definition) is 1. The van der Waals surface area contributed by atoms with E-state index < -0.39 is 0 Å². The molecule has 1 radical (unpaired) electrons. The Balaban J connectivity index is 1.53. The zero-order chi connectivity index (χ0) is 20.1. The Morgan fingerprint density at radius 1 is 1.18 bits per heavy atom. The highest BCUT2D eigenvalue weighted by Crippen LogP contribution is 2.31. The van der Waals surface area contributed by atoms with E-state index in [0.717, 1.165) is 5.56 Å². The highest BCUT2D eigenvalue weighted by molar-refractivity contribution is 5.98. The molecule has 1 heterocycles. The summed E-state index contributed by atoms with van der Waals surface area (Å²) in [6, 6.07) is 11.3. The first-order valence-corrected chi connectivity index (χ1v) is 9.25. The number of benzene rings is 2. The smallest absolute Gasteiger partial charge is 0.168 e. The minimum absolute atomic E-state index is 0.00139. The van der Waals surface area contributed by atoms with Crippen molar-refractivity contribution in [2.24, 2.45) is 5.92 Å². The molecule has 6 heteroatoms. The summed E-state index contributed by atoms with van der Waals surface area (Å²) in [6.45, 7) is 3.30. The Hall–Kier alpha value is -2.44. The van der Waals surface area contributed by atoms with E-state index in [9.17, 15) is 14.3 Å². The highest BCUT2D eigenvalue weighted by atomic mass is 19.1. The van der Waals surface area contributed by atoms with Gasteiger partial charge in [0.25, 0.3) is 0 Å². The third-order valence-electron chi connectivity index (χ3n) is 5.12. The van der Waals surface area contributed by atoms with Gasteiger partial charge in [-0.15, -0.1) is 0 Å². The van der Waals surface area contributed by atoms with E-state index in [2.05, 4.69) is 4.90 Å². The second-order valence-corrected chi connectivity index (χ2v) is 6.97. The Kier molecular flexibility index (Phi) is 6.65. The number of likely N-dealkylation sites (tertiary alicyclic amines) is 1. The molecule has 0 aliphatic carbocycles. The van der Waals surface area contributed by atoms with Crippen LogP contribution in [0.4, 0.5) is 4.39 Å². The van der Waals surface area contributed by atoms with Crippen LogP contribution in [0.25, 0.3) is 0 Å². The van der Waals surface area contributed by atoms with E-state index in [0.29, 0.717) is 36.6 Å². The van der Waals surface area contributed by atoms with Crippen LogP contribution in [0.1, 0.15) is 28.3 Å². The van der Waals surface area contributed by atoms with Gasteiger partial charge in [0.05, 0.1) is 14.2 Å². The molecule has 1 aliphatic heterocycles. The number of hydrogen-bond acceptors (Lipinski definition) is 5. The predicted octanol–water partition coefficient (Wildman–Crippen LogP) is 3.29. The van der Waals surface area contributed by atoms with Crippen molar-refractivity contribution in [3.05, 3.63) is 66.0 Å². The van der Waals surface area contributed by atoms with Crippen LogP contribution in [0.5, 0.6) is 11.5 Å². The van der Waals surface area contributed by atoms with Crippen LogP contribution in [0.3, 0.4) is 0 Å². The molecule has 0 amide bonds. The summed E-state index contributed by atoms with van der Waals surface area (Å²) in [5.74, 6) is 0.899. The number of ketones is 1. The first-order valence-electron chi connectivity index (χ1n) is 9.25. The van der Waals surface area contributed by atoms with Gasteiger partial charge in [0, 0.05) is 49.7 Å². The van der Waals surface area contributed by atoms with Gasteiger partial charge in [-0.2, -0.15) is 0 Å². The Morgan fingerprint density at radius 3 is 2.32 bits per heavy atom. The fourth-order valence-electron chi connectivity index (χ4n) is 3.33. The van der Waals surface area contributed by atoms with Gasteiger partial charge in [0.15, 0.2) is 5.78 Å². The van der Waals surface area contributed by atoms with Crippen LogP contribution in [0.2, 0.25) is 0 Å². The molecular formula is C22H25FNO4. The third kappa shape index (κ3) is 4.69. The Morgan fingerprint density at radius 2 is 1.79 bits per heavy atom. The first-order chi connectivity index (χ1) is 13.5. The van der Waals surface area contributed by atoms with Crippen molar-refractivity contribution in [3.8, 4) is 11.5 Å². The molecule has 1 atom stereocenters. The van der Waals surface area contributed by atoms with Crippen molar-refractivity contribution in [3.63, 3.8) is 0 Å². The fraction of sp³-hybridized carbons (Fsp3) is 0.364. The molecule has 28 heavy (non-hydrogen) atoms. The molecule has 0 unspecified atom stereocenters. The minimum Gasteiger partial charge on any atom is -0.497 e. The van der Waals surface area contributed by atoms with Gasteiger partial charge in [-0.05, 0) is 48.4 Å². The van der Waals surface area contributed by atoms with Crippen LogP contribution < -0.4 is 9.47 Å². The van der Waals surface area contributed by atoms with Crippen molar-refractivity contribution >= 4 is 5.78 Å². The summed E-state index contributed by atoms with van der Waals surface area (Å²) in [4.78, 5) is 14.5. The van der Waals surface area contributed by atoms with Crippen LogP contribution in [0.15, 0.2) is 42.5 Å². The molecule has 0 bridgehead atoms. The van der Waals surface area contributed by atoms with Crippen molar-refractivity contribution < 1.29 is 23.8 Å². The normalized spacial score (nSPS) is 15.7. The average molecular weight is 386 g/mol. The molecule has 1 saturated heterocycles. The van der Waals surface area contributed by atoms with E-state index >= 15 is 0 Å². The van der Waals surface area contributed by atoms with E-state index in [1.807, 2.05) is 18.7 Å². The molecule has 2 aromatic carbocycles. The summed E-state index contributed by atoms with van der Waals surface area (Å²) in [5.41, 5.74) is 1.48. The monoisotopic (exact) mass is 386 g/mol. The van der Waals surface area contributed by atoms with Gasteiger partial charge >= 0.3 is 0 Å². The second-order valence-electron chi connectivity index (χ2n) is 6.97. The number of carbonyl (C=O) groups excluding carboxylic acids is 1. The highest BCUT2D eigenvalue weighted by Gasteiger charge is 2.33. The van der Waals surface area contributed by atoms with Gasteiger partial charge < -0.3 is 14.6 Å². The lowest BCUT2D eigenvalue weighted by atomic mass is 9.89. The Labute approximate surface area is 164 Å². The van der Waals surface area contributed by atoms with Crippen molar-refractivity contribution in [1.29, 1.82) is 0 Å². The van der Waals surface area contributed by atoms with Crippen LogP contribution >= 0.6 is 0 Å². The van der Waals surface area contributed by atoms with Gasteiger partial charge in [-0.3, -0.25) is 9.69 Å². The van der Waals surface area contributed by atoms with E-state index in [-0.39, 0.29) is 30.0 Å². The fourth-order valence-corrected chi connectivity index (χ4v) is 3.33. The number of aliphatic hydroxyl groups is 1. The molecule has 1 fully saturated rings. The average Bonchev–Trinajstić information content (AvgIpc) is 2.69. The lowest BCUT2D eigenvalue weighted by Crippen LogP contribution is -2.48. The number of carbonyl (C=O) groups is 1. The first kappa shape index (κ1) is 20.3. The molecule has 1 N–H and O–H groups in total. The number of Topliss-reactive ketones (excluding diaryl/α,β-unsaturated/α-hetero) is 1. The topological polar surface area (TPSA) is 59.0 Å². The molecule has 0 spiro atoms. The number of methoxy groups -OCH3 is 2. The molecule has 5 nitrogen and oxygen atoms in total. The van der Waals surface area contributed by atoms with Gasteiger partial charge in [-0.25, -0.2) is 4.39 Å². The number of aliphatic hydroxyl groups excluding tert-OH is 1. The van der Waals surface area contributed by atoms with Gasteiger partial charge in [0.2, 0.25) is 0 Å².